The second-order valence-electron chi connectivity index (χ2n) is 6.28. The maximum atomic E-state index is 13.7. The van der Waals surface area contributed by atoms with Gasteiger partial charge in [0.25, 0.3) is 5.88 Å². The minimum Gasteiger partial charge on any atom is -0.478 e. The van der Waals surface area contributed by atoms with Gasteiger partial charge in [0.1, 0.15) is 6.10 Å². The first-order chi connectivity index (χ1) is 13.0. The molecule has 27 heavy (non-hydrogen) atoms. The van der Waals surface area contributed by atoms with E-state index in [-0.39, 0.29) is 30.1 Å². The molecule has 0 spiro atoms. The molecule has 1 aliphatic heterocycles. The lowest BCUT2D eigenvalue weighted by Gasteiger charge is -2.32. The third-order valence-electron chi connectivity index (χ3n) is 4.31. The highest BCUT2D eigenvalue weighted by Gasteiger charge is 2.25. The number of nitrogens with zero attached hydrogens (tertiary/aromatic N) is 2. The summed E-state index contributed by atoms with van der Waals surface area (Å²) >= 11 is 0. The number of likely N-dealkylation sites (tertiary alicyclic amines) is 1. The molecule has 0 aliphatic carbocycles. The monoisotopic (exact) mass is 373 g/mol. The first kappa shape index (κ1) is 18.6. The number of hydrogen-bond acceptors (Lipinski definition) is 4. The van der Waals surface area contributed by atoms with Gasteiger partial charge in [-0.1, -0.05) is 12.1 Å². The van der Waals surface area contributed by atoms with Crippen LogP contribution >= 0.6 is 0 Å². The highest BCUT2D eigenvalue weighted by atomic mass is 19.1. The van der Waals surface area contributed by atoms with E-state index in [1.54, 1.807) is 17.0 Å². The lowest BCUT2D eigenvalue weighted by molar-refractivity contribution is 0.0697. The van der Waals surface area contributed by atoms with Gasteiger partial charge in [0.05, 0.1) is 12.1 Å². The Bertz CT molecular complexity index is 813. The molecule has 1 atom stereocenters. The molecule has 0 bridgehead atoms. The van der Waals surface area contributed by atoms with Crippen molar-refractivity contribution in [3.05, 3.63) is 59.5 Å². The summed E-state index contributed by atoms with van der Waals surface area (Å²) in [5.74, 6) is -1.57. The summed E-state index contributed by atoms with van der Waals surface area (Å²) in [4.78, 5) is 28.7. The number of pyridine rings is 1. The van der Waals surface area contributed by atoms with Crippen molar-refractivity contribution in [2.45, 2.75) is 25.5 Å². The van der Waals surface area contributed by atoms with E-state index < -0.39 is 11.8 Å². The van der Waals surface area contributed by atoms with Crippen LogP contribution in [0.3, 0.4) is 0 Å². The van der Waals surface area contributed by atoms with Gasteiger partial charge in [-0.15, -0.1) is 0 Å². The fraction of sp³-hybridized carbons (Fsp3) is 0.316. The molecule has 2 N–H and O–H groups in total. The first-order valence-corrected chi connectivity index (χ1v) is 8.65. The van der Waals surface area contributed by atoms with Crippen LogP contribution in [0.25, 0.3) is 0 Å². The summed E-state index contributed by atoms with van der Waals surface area (Å²) in [7, 11) is 0. The Morgan fingerprint density at radius 2 is 2.07 bits per heavy atom. The summed E-state index contributed by atoms with van der Waals surface area (Å²) in [6.45, 7) is 1.23. The molecule has 3 rings (SSSR count). The molecular weight excluding hydrogens is 353 g/mol. The minimum absolute atomic E-state index is 0.0525. The zero-order chi connectivity index (χ0) is 19.2. The van der Waals surface area contributed by atoms with Crippen molar-refractivity contribution in [2.75, 3.05) is 13.1 Å². The molecule has 142 valence electrons. The number of nitrogens with one attached hydrogen (secondary N) is 1. The zero-order valence-electron chi connectivity index (χ0n) is 14.6. The van der Waals surface area contributed by atoms with E-state index >= 15 is 0 Å². The number of carbonyl (C=O) groups is 2. The first-order valence-electron chi connectivity index (χ1n) is 8.65. The smallest absolute Gasteiger partial charge is 0.335 e. The average Bonchev–Trinajstić information content (AvgIpc) is 2.68. The summed E-state index contributed by atoms with van der Waals surface area (Å²) in [5.41, 5.74) is 0.997. The zero-order valence-corrected chi connectivity index (χ0v) is 14.6. The molecule has 1 aromatic carbocycles. The van der Waals surface area contributed by atoms with E-state index in [9.17, 15) is 14.0 Å². The molecule has 2 heterocycles. The number of aromatic carboxylic acids is 1. The third-order valence-corrected chi connectivity index (χ3v) is 4.31. The van der Waals surface area contributed by atoms with Crippen molar-refractivity contribution in [1.29, 1.82) is 0 Å². The number of benzene rings is 1. The fourth-order valence-corrected chi connectivity index (χ4v) is 2.89. The van der Waals surface area contributed by atoms with Crippen molar-refractivity contribution in [3.8, 4) is 5.88 Å². The number of ether oxygens (including phenoxy) is 1. The maximum absolute atomic E-state index is 13.7. The van der Waals surface area contributed by atoms with E-state index in [2.05, 4.69) is 10.3 Å². The van der Waals surface area contributed by atoms with Crippen molar-refractivity contribution < 1.29 is 23.8 Å². The van der Waals surface area contributed by atoms with Gasteiger partial charge < -0.3 is 20.1 Å². The van der Waals surface area contributed by atoms with Crippen LogP contribution < -0.4 is 10.1 Å². The largest absolute Gasteiger partial charge is 0.478 e. The molecule has 1 fully saturated rings. The maximum Gasteiger partial charge on any atom is 0.335 e. The molecule has 0 radical (unpaired) electrons. The van der Waals surface area contributed by atoms with Gasteiger partial charge >= 0.3 is 12.0 Å². The lowest BCUT2D eigenvalue weighted by Crippen LogP contribution is -2.48. The molecule has 7 nitrogen and oxygen atoms in total. The Morgan fingerprint density at radius 1 is 1.30 bits per heavy atom. The van der Waals surface area contributed by atoms with Crippen LogP contribution in [0.1, 0.15) is 28.8 Å². The minimum atomic E-state index is -0.991. The number of aromatic nitrogens is 1. The third kappa shape index (κ3) is 4.93. The second-order valence-corrected chi connectivity index (χ2v) is 6.28. The number of amides is 2. The van der Waals surface area contributed by atoms with Crippen LogP contribution in [-0.4, -0.2) is 46.2 Å². The highest BCUT2D eigenvalue weighted by Crippen LogP contribution is 2.19. The number of piperidine rings is 1. The van der Waals surface area contributed by atoms with Crippen LogP contribution in [0.5, 0.6) is 5.88 Å². The van der Waals surface area contributed by atoms with Crippen molar-refractivity contribution in [1.82, 2.24) is 15.2 Å². The molecule has 1 saturated heterocycles. The number of hydrogen-bond donors (Lipinski definition) is 2. The van der Waals surface area contributed by atoms with E-state index in [4.69, 9.17) is 9.84 Å². The van der Waals surface area contributed by atoms with E-state index in [0.717, 1.165) is 18.4 Å². The molecule has 1 aromatic heterocycles. The normalized spacial score (nSPS) is 16.6. The Morgan fingerprint density at radius 3 is 2.78 bits per heavy atom. The predicted molar refractivity (Wildman–Crippen MR) is 95.1 cm³/mol. The topological polar surface area (TPSA) is 91.8 Å². The van der Waals surface area contributed by atoms with Crippen LogP contribution in [0.2, 0.25) is 0 Å². The van der Waals surface area contributed by atoms with Gasteiger partial charge in [0, 0.05) is 19.3 Å². The molecule has 1 unspecified atom stereocenters. The molecule has 8 heteroatoms. The summed E-state index contributed by atoms with van der Waals surface area (Å²) in [6.07, 6.45) is 2.61. The predicted octanol–water partition coefficient (Wildman–Crippen LogP) is 2.67. The summed E-state index contributed by atoms with van der Waals surface area (Å²) in [5, 5.41) is 11.7. The number of halogens is 1. The Hall–Kier alpha value is -3.16. The highest BCUT2D eigenvalue weighted by molar-refractivity contribution is 5.87. The molecule has 0 saturated carbocycles. The van der Waals surface area contributed by atoms with E-state index in [1.807, 2.05) is 0 Å². The van der Waals surface area contributed by atoms with Crippen molar-refractivity contribution in [2.24, 2.45) is 0 Å². The van der Waals surface area contributed by atoms with Crippen molar-refractivity contribution in [3.63, 3.8) is 0 Å². The van der Waals surface area contributed by atoms with Crippen LogP contribution in [0.4, 0.5) is 9.18 Å². The standard InChI is InChI=1S/C19H20FN3O4/c20-16-4-1-9-21-17(16)27-15-3-2-10-23(12-15)19(26)22-11-13-5-7-14(8-6-13)18(24)25/h1,4-9,15H,2-3,10-12H2,(H,22,26)(H,24,25). The number of carbonyl (C=O) groups excluding carboxylic acids is 1. The quantitative estimate of drug-likeness (QED) is 0.841. The Labute approximate surface area is 155 Å². The second kappa shape index (κ2) is 8.48. The molecule has 2 aromatic rings. The average molecular weight is 373 g/mol. The number of urea groups is 1. The van der Waals surface area contributed by atoms with Crippen LogP contribution in [0.15, 0.2) is 42.6 Å². The van der Waals surface area contributed by atoms with Gasteiger partial charge in [-0.05, 0) is 42.7 Å². The van der Waals surface area contributed by atoms with Gasteiger partial charge in [-0.3, -0.25) is 0 Å². The lowest BCUT2D eigenvalue weighted by atomic mass is 10.1. The van der Waals surface area contributed by atoms with E-state index in [0.29, 0.717) is 13.1 Å². The van der Waals surface area contributed by atoms with Gasteiger partial charge in [-0.2, -0.15) is 0 Å². The van der Waals surface area contributed by atoms with E-state index in [1.165, 1.54) is 30.5 Å². The van der Waals surface area contributed by atoms with Crippen molar-refractivity contribution >= 4 is 12.0 Å². The molecule has 2 amide bonds. The Balaban J connectivity index is 1.52. The summed E-state index contributed by atoms with van der Waals surface area (Å²) < 4.78 is 19.3. The number of carboxylic acids is 1. The van der Waals surface area contributed by atoms with Crippen LogP contribution in [-0.2, 0) is 6.54 Å². The molecule has 1 aliphatic rings. The van der Waals surface area contributed by atoms with Gasteiger partial charge in [0.2, 0.25) is 0 Å². The summed E-state index contributed by atoms with van der Waals surface area (Å²) in [6, 6.07) is 8.85. The van der Waals surface area contributed by atoms with Crippen LogP contribution in [0, 0.1) is 5.82 Å². The number of carboxylic acid groups (broad SMARTS) is 1. The SMILES string of the molecule is O=C(O)c1ccc(CNC(=O)N2CCCC(Oc3ncccc3F)C2)cc1. The fourth-order valence-electron chi connectivity index (χ4n) is 2.89. The molecular formula is C19H20FN3O4. The Kier molecular flexibility index (Phi) is 5.85. The van der Waals surface area contributed by atoms with Gasteiger partial charge in [-0.25, -0.2) is 19.0 Å². The number of rotatable bonds is 5. The van der Waals surface area contributed by atoms with Gasteiger partial charge in [0.15, 0.2) is 5.82 Å².